The van der Waals surface area contributed by atoms with Crippen molar-refractivity contribution in [3.8, 4) is 0 Å². The number of hydrogen-bond donors (Lipinski definition) is 2. The van der Waals surface area contributed by atoms with E-state index in [0.717, 1.165) is 84.3 Å². The third-order valence-electron chi connectivity index (χ3n) is 6.77. The van der Waals surface area contributed by atoms with Gasteiger partial charge in [-0.3, -0.25) is 14.7 Å². The van der Waals surface area contributed by atoms with Crippen LogP contribution < -0.4 is 5.32 Å². The number of nitrogens with zero attached hydrogens (tertiary/aromatic N) is 2. The molecule has 0 saturated carbocycles. The van der Waals surface area contributed by atoms with E-state index in [2.05, 4.69) is 63.8 Å². The van der Waals surface area contributed by atoms with Crippen LogP contribution >= 0.6 is 0 Å². The molecule has 2 aromatic heterocycles. The lowest BCUT2D eigenvalue weighted by molar-refractivity contribution is 0.0342. The monoisotopic (exact) mass is 452 g/mol. The van der Waals surface area contributed by atoms with Crippen molar-refractivity contribution in [3.05, 3.63) is 76.7 Å². The first-order valence-corrected chi connectivity index (χ1v) is 12.0. The third-order valence-corrected chi connectivity index (χ3v) is 6.77. The van der Waals surface area contributed by atoms with Crippen LogP contribution in [0.4, 0.5) is 0 Å². The van der Waals surface area contributed by atoms with Crippen LogP contribution in [0, 0.1) is 0 Å². The number of carbonyl (C=O) groups excluding carboxylic acids is 1. The number of aryl methyl sites for hydroxylation is 1. The van der Waals surface area contributed by atoms with Crippen LogP contribution in [0.1, 0.15) is 39.3 Å². The molecule has 0 bridgehead atoms. The van der Waals surface area contributed by atoms with Crippen molar-refractivity contribution in [1.29, 1.82) is 0 Å². The third kappa shape index (κ3) is 4.11. The fourth-order valence-corrected chi connectivity index (χ4v) is 5.00. The largest absolute Gasteiger partial charge is 0.379 e. The van der Waals surface area contributed by atoms with Gasteiger partial charge < -0.3 is 15.0 Å². The second-order valence-electron chi connectivity index (χ2n) is 9.11. The smallest absolute Gasteiger partial charge is 0.253 e. The van der Waals surface area contributed by atoms with E-state index in [9.17, 15) is 4.79 Å². The van der Waals surface area contributed by atoms with Gasteiger partial charge in [0, 0.05) is 48.8 Å². The molecule has 6 rings (SSSR count). The van der Waals surface area contributed by atoms with Gasteiger partial charge in [-0.1, -0.05) is 42.5 Å². The van der Waals surface area contributed by atoms with E-state index in [1.165, 1.54) is 11.1 Å². The Bertz CT molecular complexity index is 1400. The Kier molecular flexibility index (Phi) is 5.61. The van der Waals surface area contributed by atoms with E-state index in [1.54, 1.807) is 0 Å². The minimum Gasteiger partial charge on any atom is -0.379 e. The van der Waals surface area contributed by atoms with Gasteiger partial charge in [-0.2, -0.15) is 0 Å². The molecule has 0 radical (unpaired) electrons. The number of pyridine rings is 1. The lowest BCUT2D eigenvalue weighted by Gasteiger charge is -2.26. The summed E-state index contributed by atoms with van der Waals surface area (Å²) in [5.74, 6) is -0.00563. The first-order valence-electron chi connectivity index (χ1n) is 12.0. The number of rotatable bonds is 4. The zero-order chi connectivity index (χ0) is 22.9. The van der Waals surface area contributed by atoms with Crippen LogP contribution in [0.5, 0.6) is 0 Å². The number of carbonyl (C=O) groups is 1. The van der Waals surface area contributed by atoms with Crippen LogP contribution in [0.3, 0.4) is 0 Å². The topological polar surface area (TPSA) is 70.2 Å². The molecule has 6 heteroatoms. The minimum absolute atomic E-state index is 0.00563. The molecule has 2 aromatic carbocycles. The van der Waals surface area contributed by atoms with Crippen molar-refractivity contribution in [1.82, 2.24) is 20.2 Å². The molecule has 1 amide bonds. The normalized spacial score (nSPS) is 17.2. The number of ether oxygens (including phenoxy) is 1. The zero-order valence-electron chi connectivity index (χ0n) is 19.1. The standard InChI is InChI=1S/C28H28N4O2/c33-28-26-23-9-7-21-17-30-22(16-24(21)27(23)31-25(26)5-2-10-29-28)8-6-19-3-1-4-20(15-19)18-32-11-13-34-14-12-32/h1,3-4,6-9,15-17,30H,2,5,10-14,18H2,(H,29,33)/b8-6+. The number of fused-ring (bicyclic) bond motifs is 5. The number of hydrogen-bond acceptors (Lipinski definition) is 4. The van der Waals surface area contributed by atoms with Gasteiger partial charge in [0.2, 0.25) is 0 Å². The summed E-state index contributed by atoms with van der Waals surface area (Å²) in [6, 6.07) is 14.9. The van der Waals surface area contributed by atoms with Crippen molar-refractivity contribution in [3.63, 3.8) is 0 Å². The zero-order valence-corrected chi connectivity index (χ0v) is 19.1. The van der Waals surface area contributed by atoms with Gasteiger partial charge in [0.1, 0.15) is 0 Å². The van der Waals surface area contributed by atoms with E-state index in [-0.39, 0.29) is 5.91 Å². The predicted octanol–water partition coefficient (Wildman–Crippen LogP) is 4.39. The van der Waals surface area contributed by atoms with Gasteiger partial charge in [0.25, 0.3) is 5.91 Å². The molecule has 2 aliphatic heterocycles. The second kappa shape index (κ2) is 9.05. The van der Waals surface area contributed by atoms with Crippen LogP contribution in [-0.2, 0) is 17.7 Å². The number of aromatic nitrogens is 2. The number of aromatic amines is 1. The molecule has 0 aliphatic carbocycles. The maximum absolute atomic E-state index is 12.6. The van der Waals surface area contributed by atoms with Gasteiger partial charge in [-0.15, -0.1) is 0 Å². The van der Waals surface area contributed by atoms with Crippen molar-refractivity contribution in [2.24, 2.45) is 0 Å². The number of morpholine rings is 1. The average Bonchev–Trinajstić information content (AvgIpc) is 3.15. The van der Waals surface area contributed by atoms with Crippen molar-refractivity contribution in [2.45, 2.75) is 19.4 Å². The van der Waals surface area contributed by atoms with E-state index in [0.29, 0.717) is 6.54 Å². The van der Waals surface area contributed by atoms with Crippen LogP contribution in [0.2, 0.25) is 0 Å². The van der Waals surface area contributed by atoms with Gasteiger partial charge in [0.05, 0.1) is 30.0 Å². The van der Waals surface area contributed by atoms with Crippen molar-refractivity contribution >= 4 is 39.7 Å². The summed E-state index contributed by atoms with van der Waals surface area (Å²) in [6.07, 6.45) is 8.01. The highest BCUT2D eigenvalue weighted by molar-refractivity contribution is 6.15. The highest BCUT2D eigenvalue weighted by Crippen LogP contribution is 2.31. The van der Waals surface area contributed by atoms with Gasteiger partial charge in [-0.05, 0) is 41.5 Å². The molecule has 4 aromatic rings. The Morgan fingerprint density at radius 1 is 1.06 bits per heavy atom. The lowest BCUT2D eigenvalue weighted by atomic mass is 10.0. The fourth-order valence-electron chi connectivity index (χ4n) is 5.00. The van der Waals surface area contributed by atoms with E-state index in [4.69, 9.17) is 9.72 Å². The van der Waals surface area contributed by atoms with E-state index >= 15 is 0 Å². The first-order chi connectivity index (χ1) is 16.7. The Labute approximate surface area is 198 Å². The summed E-state index contributed by atoms with van der Waals surface area (Å²) in [5, 5.41) is 6.10. The van der Waals surface area contributed by atoms with Crippen LogP contribution in [0.15, 0.2) is 48.7 Å². The molecule has 34 heavy (non-hydrogen) atoms. The summed E-state index contributed by atoms with van der Waals surface area (Å²) >= 11 is 0. The maximum Gasteiger partial charge on any atom is 0.253 e. The molecule has 1 saturated heterocycles. The molecule has 6 nitrogen and oxygen atoms in total. The van der Waals surface area contributed by atoms with E-state index in [1.807, 2.05) is 12.3 Å². The number of nitrogens with one attached hydrogen (secondary N) is 2. The van der Waals surface area contributed by atoms with Crippen LogP contribution in [-0.4, -0.2) is 53.6 Å². The number of benzene rings is 2. The summed E-state index contributed by atoms with van der Waals surface area (Å²) in [7, 11) is 0. The quantitative estimate of drug-likeness (QED) is 0.482. The van der Waals surface area contributed by atoms with Gasteiger partial charge in [-0.25, -0.2) is 0 Å². The summed E-state index contributed by atoms with van der Waals surface area (Å²) in [6.45, 7) is 5.27. The average molecular weight is 453 g/mol. The Hall–Kier alpha value is -3.48. The number of amides is 1. The Balaban J connectivity index is 1.30. The van der Waals surface area contributed by atoms with Crippen LogP contribution in [0.25, 0.3) is 33.8 Å². The first kappa shape index (κ1) is 21.1. The highest BCUT2D eigenvalue weighted by Gasteiger charge is 2.22. The molecule has 1 fully saturated rings. The van der Waals surface area contributed by atoms with Gasteiger partial charge >= 0.3 is 0 Å². The molecule has 172 valence electrons. The summed E-state index contributed by atoms with van der Waals surface area (Å²) < 4.78 is 5.46. The summed E-state index contributed by atoms with van der Waals surface area (Å²) in [4.78, 5) is 23.3. The summed E-state index contributed by atoms with van der Waals surface area (Å²) in [5.41, 5.74) is 6.06. The maximum atomic E-state index is 12.6. The predicted molar refractivity (Wildman–Crippen MR) is 136 cm³/mol. The number of H-pyrrole nitrogens is 1. The highest BCUT2D eigenvalue weighted by atomic mass is 16.5. The Morgan fingerprint density at radius 2 is 1.97 bits per heavy atom. The molecular formula is C28H28N4O2. The van der Waals surface area contributed by atoms with E-state index < -0.39 is 0 Å². The van der Waals surface area contributed by atoms with Crippen molar-refractivity contribution < 1.29 is 9.53 Å². The second-order valence-corrected chi connectivity index (χ2v) is 9.11. The molecule has 2 N–H and O–H groups in total. The molecular weight excluding hydrogens is 424 g/mol. The lowest BCUT2D eigenvalue weighted by Crippen LogP contribution is -2.35. The molecule has 0 atom stereocenters. The van der Waals surface area contributed by atoms with Crippen molar-refractivity contribution in [2.75, 3.05) is 32.8 Å². The molecule has 0 spiro atoms. The minimum atomic E-state index is -0.00563. The SMILES string of the molecule is O=C1NCCCc2nc3c(ccc4c[nH]c(/C=C/c5cccc(CN6CCOCC6)c5)cc43)c21. The molecule has 4 heterocycles. The Morgan fingerprint density at radius 3 is 2.88 bits per heavy atom. The molecule has 2 aliphatic rings. The fraction of sp³-hybridized carbons (Fsp3) is 0.286. The van der Waals surface area contributed by atoms with Gasteiger partial charge in [0.15, 0.2) is 0 Å². The molecule has 0 unspecified atom stereocenters.